The Morgan fingerprint density at radius 2 is 1.94 bits per heavy atom. The van der Waals surface area contributed by atoms with Crippen LogP contribution in [-0.2, 0) is 14.8 Å². The van der Waals surface area contributed by atoms with Crippen molar-refractivity contribution >= 4 is 16.0 Å². The van der Waals surface area contributed by atoms with E-state index in [1.165, 1.54) is 12.1 Å². The zero-order valence-corrected chi connectivity index (χ0v) is 9.57. The molecule has 0 fully saturated rings. The van der Waals surface area contributed by atoms with Gasteiger partial charge in [-0.2, -0.15) is 4.72 Å². The van der Waals surface area contributed by atoms with Crippen molar-refractivity contribution in [2.24, 2.45) is 0 Å². The minimum absolute atomic E-state index is 0.0645. The van der Waals surface area contributed by atoms with Crippen LogP contribution in [0.2, 0.25) is 0 Å². The van der Waals surface area contributed by atoms with Crippen LogP contribution in [0.15, 0.2) is 35.2 Å². The Balaban J connectivity index is 2.92. The van der Waals surface area contributed by atoms with E-state index in [2.05, 4.69) is 4.72 Å². The quantitative estimate of drug-likeness (QED) is 0.802. The smallest absolute Gasteiger partial charge is 0.321 e. The summed E-state index contributed by atoms with van der Waals surface area (Å²) in [5.74, 6) is -1.18. The highest BCUT2D eigenvalue weighted by Gasteiger charge is 2.23. The second-order valence-corrected chi connectivity index (χ2v) is 4.95. The minimum Gasteiger partial charge on any atom is -0.480 e. The summed E-state index contributed by atoms with van der Waals surface area (Å²) in [6.45, 7) is 1.60. The van der Waals surface area contributed by atoms with Crippen molar-refractivity contribution < 1.29 is 18.3 Å². The monoisotopic (exact) mass is 243 g/mol. The lowest BCUT2D eigenvalue weighted by molar-refractivity contribution is -0.139. The zero-order valence-electron chi connectivity index (χ0n) is 8.75. The molecule has 5 nitrogen and oxygen atoms in total. The average Bonchev–Trinajstić information content (AvgIpc) is 2.27. The number of hydrogen-bond acceptors (Lipinski definition) is 3. The molecule has 2 N–H and O–H groups in total. The van der Waals surface area contributed by atoms with Gasteiger partial charge in [0, 0.05) is 0 Å². The van der Waals surface area contributed by atoms with Gasteiger partial charge in [0.25, 0.3) is 0 Å². The summed E-state index contributed by atoms with van der Waals surface area (Å²) >= 11 is 0. The number of hydrogen-bond donors (Lipinski definition) is 2. The van der Waals surface area contributed by atoms with Gasteiger partial charge in [-0.05, 0) is 18.6 Å². The second-order valence-electron chi connectivity index (χ2n) is 3.23. The number of rotatable bonds is 5. The molecule has 0 saturated heterocycles. The van der Waals surface area contributed by atoms with E-state index in [0.717, 1.165) is 0 Å². The number of sulfonamides is 1. The van der Waals surface area contributed by atoms with Crippen molar-refractivity contribution in [2.45, 2.75) is 24.3 Å². The lowest BCUT2D eigenvalue weighted by atomic mass is 10.2. The molecule has 1 atom stereocenters. The fraction of sp³-hybridized carbons (Fsp3) is 0.300. The number of carboxylic acids is 1. The summed E-state index contributed by atoms with van der Waals surface area (Å²) in [5, 5.41) is 8.76. The van der Waals surface area contributed by atoms with Crippen molar-refractivity contribution in [1.29, 1.82) is 0 Å². The Bertz CT molecular complexity index is 455. The van der Waals surface area contributed by atoms with Gasteiger partial charge < -0.3 is 5.11 Å². The maximum atomic E-state index is 11.7. The number of benzene rings is 1. The molecule has 1 aromatic carbocycles. The van der Waals surface area contributed by atoms with Gasteiger partial charge in [0.2, 0.25) is 10.0 Å². The molecule has 0 aromatic heterocycles. The molecule has 1 aromatic rings. The Morgan fingerprint density at radius 3 is 2.38 bits per heavy atom. The molecule has 1 rings (SSSR count). The Morgan fingerprint density at radius 1 is 1.38 bits per heavy atom. The lowest BCUT2D eigenvalue weighted by Gasteiger charge is -2.12. The molecule has 0 aliphatic carbocycles. The zero-order chi connectivity index (χ0) is 12.2. The molecule has 16 heavy (non-hydrogen) atoms. The molecule has 0 spiro atoms. The van der Waals surface area contributed by atoms with Crippen LogP contribution in [0.5, 0.6) is 0 Å². The largest absolute Gasteiger partial charge is 0.480 e. The third-order valence-corrected chi connectivity index (χ3v) is 3.54. The number of aliphatic carboxylic acids is 1. The highest BCUT2D eigenvalue weighted by Crippen LogP contribution is 2.08. The van der Waals surface area contributed by atoms with Gasteiger partial charge in [0.05, 0.1) is 4.90 Å². The molecule has 88 valence electrons. The Kier molecular flexibility index (Phi) is 4.03. The molecule has 0 bridgehead atoms. The van der Waals surface area contributed by atoms with Crippen molar-refractivity contribution in [3.8, 4) is 0 Å². The van der Waals surface area contributed by atoms with Crippen molar-refractivity contribution in [2.75, 3.05) is 0 Å². The number of carbonyl (C=O) groups is 1. The molecular weight excluding hydrogens is 230 g/mol. The van der Waals surface area contributed by atoms with Gasteiger partial charge in [-0.15, -0.1) is 0 Å². The maximum absolute atomic E-state index is 11.7. The first-order chi connectivity index (χ1) is 7.47. The second kappa shape index (κ2) is 5.09. The molecule has 0 aliphatic heterocycles. The van der Waals surface area contributed by atoms with Crippen molar-refractivity contribution in [3.63, 3.8) is 0 Å². The number of nitrogens with one attached hydrogen (secondary N) is 1. The van der Waals surface area contributed by atoms with Crippen LogP contribution in [0.4, 0.5) is 0 Å². The Labute approximate surface area is 94.2 Å². The summed E-state index contributed by atoms with van der Waals surface area (Å²) in [7, 11) is -3.75. The first-order valence-electron chi connectivity index (χ1n) is 4.77. The van der Waals surface area contributed by atoms with E-state index < -0.39 is 22.0 Å². The first-order valence-corrected chi connectivity index (χ1v) is 6.26. The van der Waals surface area contributed by atoms with E-state index in [0.29, 0.717) is 0 Å². The SMILES string of the molecule is CC[C@H](NS(=O)(=O)c1ccccc1)C(=O)O. The van der Waals surface area contributed by atoms with Crippen LogP contribution in [0, 0.1) is 0 Å². The van der Waals surface area contributed by atoms with E-state index in [9.17, 15) is 13.2 Å². The molecule has 0 unspecified atom stereocenters. The van der Waals surface area contributed by atoms with E-state index >= 15 is 0 Å². The van der Waals surface area contributed by atoms with E-state index in [4.69, 9.17) is 5.11 Å². The predicted octanol–water partition coefficient (Wildman–Crippen LogP) is 0.828. The third kappa shape index (κ3) is 3.04. The van der Waals surface area contributed by atoms with E-state index in [-0.39, 0.29) is 11.3 Å². The van der Waals surface area contributed by atoms with Gasteiger partial charge >= 0.3 is 5.97 Å². The van der Waals surface area contributed by atoms with Crippen molar-refractivity contribution in [1.82, 2.24) is 4.72 Å². The molecule has 0 aliphatic rings. The summed E-state index contributed by atoms with van der Waals surface area (Å²) < 4.78 is 25.6. The fourth-order valence-electron chi connectivity index (χ4n) is 1.16. The van der Waals surface area contributed by atoms with E-state index in [1.54, 1.807) is 25.1 Å². The van der Waals surface area contributed by atoms with E-state index in [1.807, 2.05) is 0 Å². The lowest BCUT2D eigenvalue weighted by Crippen LogP contribution is -2.40. The van der Waals surface area contributed by atoms with Crippen molar-refractivity contribution in [3.05, 3.63) is 30.3 Å². The standard InChI is InChI=1S/C10H13NO4S/c1-2-9(10(12)13)11-16(14,15)8-6-4-3-5-7-8/h3-7,9,11H,2H2,1H3,(H,12,13)/t9-/m0/s1. The van der Waals surface area contributed by atoms with Crippen LogP contribution >= 0.6 is 0 Å². The van der Waals surface area contributed by atoms with Crippen LogP contribution in [0.1, 0.15) is 13.3 Å². The highest BCUT2D eigenvalue weighted by molar-refractivity contribution is 7.89. The van der Waals surface area contributed by atoms with Crippen LogP contribution in [0.3, 0.4) is 0 Å². The predicted molar refractivity (Wildman–Crippen MR) is 58.5 cm³/mol. The summed E-state index contributed by atoms with van der Waals surface area (Å²) in [5.41, 5.74) is 0. The van der Waals surface area contributed by atoms with Gasteiger partial charge in [0.1, 0.15) is 6.04 Å². The summed E-state index contributed by atoms with van der Waals surface area (Å²) in [6.07, 6.45) is 0.196. The fourth-order valence-corrected chi connectivity index (χ4v) is 2.46. The van der Waals surface area contributed by atoms with Gasteiger partial charge in [0.15, 0.2) is 0 Å². The summed E-state index contributed by atoms with van der Waals surface area (Å²) in [4.78, 5) is 10.8. The average molecular weight is 243 g/mol. The maximum Gasteiger partial charge on any atom is 0.321 e. The number of carboxylic acid groups (broad SMARTS) is 1. The van der Waals surface area contributed by atoms with Gasteiger partial charge in [-0.1, -0.05) is 25.1 Å². The molecule has 0 heterocycles. The Hall–Kier alpha value is -1.40. The first kappa shape index (κ1) is 12.7. The third-order valence-electron chi connectivity index (χ3n) is 2.06. The normalized spacial score (nSPS) is 13.3. The summed E-state index contributed by atoms with van der Waals surface area (Å²) in [6, 6.07) is 6.58. The van der Waals surface area contributed by atoms with Gasteiger partial charge in [-0.25, -0.2) is 8.42 Å². The van der Waals surface area contributed by atoms with Crippen LogP contribution in [0.25, 0.3) is 0 Å². The molecular formula is C10H13NO4S. The minimum atomic E-state index is -3.75. The van der Waals surface area contributed by atoms with Gasteiger partial charge in [-0.3, -0.25) is 4.79 Å². The molecule has 0 radical (unpaired) electrons. The van der Waals surface area contributed by atoms with Crippen LogP contribution in [-0.4, -0.2) is 25.5 Å². The molecule has 0 amide bonds. The molecule has 0 saturated carbocycles. The molecule has 6 heteroatoms. The van der Waals surface area contributed by atoms with Crippen LogP contribution < -0.4 is 4.72 Å². The topological polar surface area (TPSA) is 83.5 Å². The highest BCUT2D eigenvalue weighted by atomic mass is 32.2.